The van der Waals surface area contributed by atoms with Crippen molar-refractivity contribution in [3.8, 4) is 0 Å². The fourth-order valence-electron chi connectivity index (χ4n) is 3.49. The second-order valence-electron chi connectivity index (χ2n) is 6.97. The Morgan fingerprint density at radius 2 is 1.83 bits per heavy atom. The first-order valence-corrected chi connectivity index (χ1v) is 7.37. The van der Waals surface area contributed by atoms with Gasteiger partial charge in [-0.05, 0) is 71.9 Å². The van der Waals surface area contributed by atoms with Crippen molar-refractivity contribution in [3.05, 3.63) is 0 Å². The van der Waals surface area contributed by atoms with Crippen molar-refractivity contribution in [1.82, 2.24) is 15.1 Å². The number of rotatable bonds is 7. The van der Waals surface area contributed by atoms with Crippen LogP contribution in [0.3, 0.4) is 0 Å². The van der Waals surface area contributed by atoms with Crippen LogP contribution < -0.4 is 5.32 Å². The van der Waals surface area contributed by atoms with Crippen LogP contribution in [-0.4, -0.2) is 63.7 Å². The van der Waals surface area contributed by atoms with Gasteiger partial charge in [-0.25, -0.2) is 0 Å². The lowest BCUT2D eigenvalue weighted by atomic mass is 9.85. The zero-order chi connectivity index (χ0) is 13.8. The third-order valence-electron chi connectivity index (χ3n) is 4.48. The molecule has 0 aromatic heterocycles. The van der Waals surface area contributed by atoms with E-state index < -0.39 is 0 Å². The Hall–Kier alpha value is -0.120. The van der Waals surface area contributed by atoms with E-state index in [1.165, 1.54) is 38.9 Å². The summed E-state index contributed by atoms with van der Waals surface area (Å²) < 4.78 is 0. The molecular weight excluding hydrogens is 222 g/mol. The quantitative estimate of drug-likeness (QED) is 0.749. The maximum absolute atomic E-state index is 3.55. The summed E-state index contributed by atoms with van der Waals surface area (Å²) in [6, 6.07) is 0.675. The highest BCUT2D eigenvalue weighted by Gasteiger charge is 2.40. The molecule has 3 heteroatoms. The molecule has 1 aliphatic carbocycles. The molecule has 0 spiro atoms. The van der Waals surface area contributed by atoms with Gasteiger partial charge in [0.15, 0.2) is 0 Å². The fraction of sp³-hybridized carbons (Fsp3) is 1.00. The lowest BCUT2D eigenvalue weighted by Gasteiger charge is -2.32. The lowest BCUT2D eigenvalue weighted by molar-refractivity contribution is 0.206. The summed E-state index contributed by atoms with van der Waals surface area (Å²) >= 11 is 0. The Balaban J connectivity index is 2.33. The van der Waals surface area contributed by atoms with Crippen molar-refractivity contribution in [1.29, 1.82) is 0 Å². The van der Waals surface area contributed by atoms with E-state index in [4.69, 9.17) is 0 Å². The Labute approximate surface area is 114 Å². The molecule has 0 aromatic carbocycles. The van der Waals surface area contributed by atoms with E-state index in [9.17, 15) is 0 Å². The first-order valence-electron chi connectivity index (χ1n) is 7.37. The highest BCUT2D eigenvalue weighted by molar-refractivity contribution is 4.96. The Kier molecular flexibility index (Phi) is 6.09. The highest BCUT2D eigenvalue weighted by atomic mass is 15.1. The predicted molar refractivity (Wildman–Crippen MR) is 80.0 cm³/mol. The number of hydrogen-bond acceptors (Lipinski definition) is 3. The molecule has 0 radical (unpaired) electrons. The first-order chi connectivity index (χ1) is 8.36. The SMILES string of the molecule is CNC1C(CN(C)CCCN(C)C)CCC1(C)C. The molecule has 2 unspecified atom stereocenters. The summed E-state index contributed by atoms with van der Waals surface area (Å²) in [5, 5.41) is 3.55. The van der Waals surface area contributed by atoms with Gasteiger partial charge in [-0.15, -0.1) is 0 Å². The smallest absolute Gasteiger partial charge is 0.0156 e. The van der Waals surface area contributed by atoms with Crippen LogP contribution in [0.1, 0.15) is 33.1 Å². The van der Waals surface area contributed by atoms with E-state index >= 15 is 0 Å². The van der Waals surface area contributed by atoms with Gasteiger partial charge in [0.1, 0.15) is 0 Å². The van der Waals surface area contributed by atoms with E-state index in [0.29, 0.717) is 11.5 Å². The van der Waals surface area contributed by atoms with Crippen LogP contribution in [-0.2, 0) is 0 Å². The van der Waals surface area contributed by atoms with Crippen molar-refractivity contribution >= 4 is 0 Å². The van der Waals surface area contributed by atoms with E-state index in [-0.39, 0.29) is 0 Å². The predicted octanol–water partition coefficient (Wildman–Crippen LogP) is 1.89. The topological polar surface area (TPSA) is 18.5 Å². The van der Waals surface area contributed by atoms with Gasteiger partial charge in [0.2, 0.25) is 0 Å². The third-order valence-corrected chi connectivity index (χ3v) is 4.48. The summed E-state index contributed by atoms with van der Waals surface area (Å²) in [5.74, 6) is 0.814. The average molecular weight is 255 g/mol. The molecule has 0 heterocycles. The van der Waals surface area contributed by atoms with Crippen LogP contribution in [0, 0.1) is 11.3 Å². The maximum Gasteiger partial charge on any atom is 0.0156 e. The van der Waals surface area contributed by atoms with Gasteiger partial charge in [0.25, 0.3) is 0 Å². The van der Waals surface area contributed by atoms with E-state index in [1.807, 2.05) is 0 Å². The van der Waals surface area contributed by atoms with E-state index in [0.717, 1.165) is 5.92 Å². The molecule has 3 nitrogen and oxygen atoms in total. The van der Waals surface area contributed by atoms with Crippen molar-refractivity contribution in [2.45, 2.75) is 39.2 Å². The summed E-state index contributed by atoms with van der Waals surface area (Å²) in [6.45, 7) is 8.45. The van der Waals surface area contributed by atoms with Crippen LogP contribution in [0.5, 0.6) is 0 Å². The van der Waals surface area contributed by atoms with Gasteiger partial charge < -0.3 is 15.1 Å². The average Bonchev–Trinajstić information content (AvgIpc) is 2.52. The number of hydrogen-bond donors (Lipinski definition) is 1. The minimum absolute atomic E-state index is 0.462. The van der Waals surface area contributed by atoms with Crippen molar-refractivity contribution < 1.29 is 0 Å². The number of nitrogens with one attached hydrogen (secondary N) is 1. The second-order valence-corrected chi connectivity index (χ2v) is 6.97. The molecular formula is C15H33N3. The Bertz CT molecular complexity index is 238. The highest BCUT2D eigenvalue weighted by Crippen LogP contribution is 2.41. The van der Waals surface area contributed by atoms with Gasteiger partial charge in [0, 0.05) is 12.6 Å². The van der Waals surface area contributed by atoms with Crippen LogP contribution in [0.25, 0.3) is 0 Å². The summed E-state index contributed by atoms with van der Waals surface area (Å²) in [7, 11) is 8.69. The molecule has 18 heavy (non-hydrogen) atoms. The summed E-state index contributed by atoms with van der Waals surface area (Å²) in [4.78, 5) is 4.78. The van der Waals surface area contributed by atoms with Crippen molar-refractivity contribution in [2.75, 3.05) is 47.8 Å². The number of nitrogens with zero attached hydrogens (tertiary/aromatic N) is 2. The monoisotopic (exact) mass is 255 g/mol. The van der Waals surface area contributed by atoms with Gasteiger partial charge in [-0.1, -0.05) is 13.8 Å². The fourth-order valence-corrected chi connectivity index (χ4v) is 3.49. The minimum atomic E-state index is 0.462. The van der Waals surface area contributed by atoms with Gasteiger partial charge in [-0.2, -0.15) is 0 Å². The van der Waals surface area contributed by atoms with Crippen LogP contribution in [0.4, 0.5) is 0 Å². The van der Waals surface area contributed by atoms with Crippen LogP contribution in [0.2, 0.25) is 0 Å². The Morgan fingerprint density at radius 1 is 1.17 bits per heavy atom. The maximum atomic E-state index is 3.55. The first kappa shape index (κ1) is 15.9. The molecule has 2 atom stereocenters. The normalized spacial score (nSPS) is 27.3. The molecule has 1 aliphatic rings. The molecule has 0 aromatic rings. The molecule has 1 rings (SSSR count). The molecule has 0 amide bonds. The van der Waals surface area contributed by atoms with Crippen LogP contribution in [0.15, 0.2) is 0 Å². The zero-order valence-corrected chi connectivity index (χ0v) is 13.3. The molecule has 1 saturated carbocycles. The Morgan fingerprint density at radius 3 is 2.39 bits per heavy atom. The largest absolute Gasteiger partial charge is 0.316 e. The lowest BCUT2D eigenvalue weighted by Crippen LogP contribution is -2.43. The zero-order valence-electron chi connectivity index (χ0n) is 13.3. The van der Waals surface area contributed by atoms with Crippen molar-refractivity contribution in [2.24, 2.45) is 11.3 Å². The summed E-state index contributed by atoms with van der Waals surface area (Å²) in [5.41, 5.74) is 0.462. The molecule has 0 saturated heterocycles. The van der Waals surface area contributed by atoms with Gasteiger partial charge in [-0.3, -0.25) is 0 Å². The molecule has 1 fully saturated rings. The van der Waals surface area contributed by atoms with Gasteiger partial charge >= 0.3 is 0 Å². The summed E-state index contributed by atoms with van der Waals surface area (Å²) in [6.07, 6.45) is 4.00. The molecule has 1 N–H and O–H groups in total. The van der Waals surface area contributed by atoms with E-state index in [2.05, 4.69) is 57.2 Å². The van der Waals surface area contributed by atoms with Gasteiger partial charge in [0.05, 0.1) is 0 Å². The third kappa shape index (κ3) is 4.52. The standard InChI is InChI=1S/C15H33N3/c1-15(2)9-8-13(14(15)16-3)12-18(6)11-7-10-17(4)5/h13-14,16H,7-12H2,1-6H3. The molecule has 108 valence electrons. The second kappa shape index (κ2) is 6.88. The van der Waals surface area contributed by atoms with Crippen molar-refractivity contribution in [3.63, 3.8) is 0 Å². The molecule has 0 bridgehead atoms. The molecule has 0 aliphatic heterocycles. The van der Waals surface area contributed by atoms with Crippen LogP contribution >= 0.6 is 0 Å². The minimum Gasteiger partial charge on any atom is -0.316 e. The van der Waals surface area contributed by atoms with E-state index in [1.54, 1.807) is 0 Å².